The first-order valence-electron chi connectivity index (χ1n) is 8.75. The lowest BCUT2D eigenvalue weighted by Gasteiger charge is -2.11. The van der Waals surface area contributed by atoms with E-state index in [9.17, 15) is 9.18 Å². The van der Waals surface area contributed by atoms with E-state index in [1.54, 1.807) is 22.8 Å². The molecule has 29 heavy (non-hydrogen) atoms. The molecule has 0 saturated heterocycles. The molecule has 0 saturated carbocycles. The molecule has 3 aromatic rings. The zero-order valence-corrected chi connectivity index (χ0v) is 16.5. The summed E-state index contributed by atoms with van der Waals surface area (Å²) in [6.07, 6.45) is 0. The van der Waals surface area contributed by atoms with Gasteiger partial charge in [-0.1, -0.05) is 54.2 Å². The molecule has 2 aromatic carbocycles. The van der Waals surface area contributed by atoms with Crippen molar-refractivity contribution in [2.75, 3.05) is 5.75 Å². The van der Waals surface area contributed by atoms with Gasteiger partial charge in [0.25, 0.3) is 0 Å². The second kappa shape index (κ2) is 9.17. The van der Waals surface area contributed by atoms with E-state index in [0.29, 0.717) is 23.1 Å². The van der Waals surface area contributed by atoms with Gasteiger partial charge in [-0.15, -0.1) is 10.2 Å². The Morgan fingerprint density at radius 1 is 1.17 bits per heavy atom. The maximum atomic E-state index is 14.4. The van der Waals surface area contributed by atoms with Gasteiger partial charge < -0.3 is 5.73 Å². The number of hydrogen-bond donors (Lipinski definition) is 1. The number of ketones is 1. The standard InChI is InChI=1S/C21H18FN5OS/c1-14(24)17(11-23)19(28)13-29-21-26-25-20(16-9-5-6-10-18(16)22)27(21)12-15-7-3-2-4-8-15/h2-10H,12-13,24H2,1H3/b17-14-. The molecule has 0 spiro atoms. The van der Waals surface area contributed by atoms with E-state index in [4.69, 9.17) is 11.0 Å². The third-order valence-electron chi connectivity index (χ3n) is 4.13. The van der Waals surface area contributed by atoms with Gasteiger partial charge in [0.2, 0.25) is 0 Å². The molecule has 6 nitrogen and oxygen atoms in total. The molecular weight excluding hydrogens is 389 g/mol. The molecule has 0 aliphatic rings. The second-order valence-electron chi connectivity index (χ2n) is 6.24. The summed E-state index contributed by atoms with van der Waals surface area (Å²) >= 11 is 1.13. The van der Waals surface area contributed by atoms with Gasteiger partial charge in [-0.3, -0.25) is 9.36 Å². The number of allylic oxidation sites excluding steroid dienone is 2. The van der Waals surface area contributed by atoms with Gasteiger partial charge in [0.15, 0.2) is 16.8 Å². The van der Waals surface area contributed by atoms with E-state index in [1.165, 1.54) is 13.0 Å². The number of Topliss-reactive ketones (excluding diaryl/α,β-unsaturated/α-hetero) is 1. The molecular formula is C21H18FN5OS. The number of nitrogens with zero attached hydrogens (tertiary/aromatic N) is 4. The number of thioether (sulfide) groups is 1. The third kappa shape index (κ3) is 4.70. The molecule has 8 heteroatoms. The van der Waals surface area contributed by atoms with Crippen molar-refractivity contribution in [1.29, 1.82) is 5.26 Å². The number of carbonyl (C=O) groups excluding carboxylic acids is 1. The number of benzene rings is 2. The van der Waals surface area contributed by atoms with Crippen LogP contribution in [0.1, 0.15) is 12.5 Å². The highest BCUT2D eigenvalue weighted by atomic mass is 32.2. The van der Waals surface area contributed by atoms with Crippen LogP contribution in [0.5, 0.6) is 0 Å². The Morgan fingerprint density at radius 3 is 2.52 bits per heavy atom. The van der Waals surface area contributed by atoms with Gasteiger partial charge in [0.05, 0.1) is 17.9 Å². The average molecular weight is 407 g/mol. The van der Waals surface area contributed by atoms with E-state index in [1.807, 2.05) is 36.4 Å². The van der Waals surface area contributed by atoms with E-state index in [0.717, 1.165) is 17.3 Å². The van der Waals surface area contributed by atoms with Gasteiger partial charge in [0, 0.05) is 5.70 Å². The van der Waals surface area contributed by atoms with E-state index in [-0.39, 0.29) is 22.8 Å². The normalized spacial score (nSPS) is 11.6. The van der Waals surface area contributed by atoms with Crippen LogP contribution in [-0.4, -0.2) is 26.3 Å². The Hall–Kier alpha value is -3.44. The van der Waals surface area contributed by atoms with Crippen LogP contribution >= 0.6 is 11.8 Å². The van der Waals surface area contributed by atoms with Crippen LogP contribution in [0.15, 0.2) is 71.0 Å². The summed E-state index contributed by atoms with van der Waals surface area (Å²) < 4.78 is 16.1. The molecule has 0 unspecified atom stereocenters. The summed E-state index contributed by atoms with van der Waals surface area (Å²) in [5.74, 6) is -0.454. The monoisotopic (exact) mass is 407 g/mol. The molecule has 1 heterocycles. The van der Waals surface area contributed by atoms with Crippen molar-refractivity contribution in [1.82, 2.24) is 14.8 Å². The van der Waals surface area contributed by atoms with Gasteiger partial charge in [-0.25, -0.2) is 4.39 Å². The average Bonchev–Trinajstić information content (AvgIpc) is 3.10. The lowest BCUT2D eigenvalue weighted by Crippen LogP contribution is -2.11. The quantitative estimate of drug-likeness (QED) is 0.365. The Kier molecular flexibility index (Phi) is 6.42. The molecule has 0 bridgehead atoms. The first-order chi connectivity index (χ1) is 14.0. The summed E-state index contributed by atoms with van der Waals surface area (Å²) in [5.41, 5.74) is 7.01. The predicted octanol–water partition coefficient (Wildman–Crippen LogP) is 3.55. The number of nitrogens with two attached hydrogens (primary N) is 1. The lowest BCUT2D eigenvalue weighted by atomic mass is 10.2. The lowest BCUT2D eigenvalue weighted by molar-refractivity contribution is -0.112. The van der Waals surface area contributed by atoms with Crippen molar-refractivity contribution in [2.45, 2.75) is 18.6 Å². The third-order valence-corrected chi connectivity index (χ3v) is 5.10. The zero-order chi connectivity index (χ0) is 20.8. The van der Waals surface area contributed by atoms with Crippen molar-refractivity contribution in [2.24, 2.45) is 5.73 Å². The number of halogens is 1. The Labute approximate surface area is 171 Å². The Balaban J connectivity index is 1.95. The van der Waals surface area contributed by atoms with Crippen LogP contribution < -0.4 is 5.73 Å². The molecule has 0 aliphatic carbocycles. The largest absolute Gasteiger partial charge is 0.401 e. The number of rotatable bonds is 7. The maximum absolute atomic E-state index is 14.4. The maximum Gasteiger partial charge on any atom is 0.192 e. The van der Waals surface area contributed by atoms with E-state index in [2.05, 4.69) is 10.2 Å². The Bertz CT molecular complexity index is 1100. The molecule has 0 fully saturated rings. The van der Waals surface area contributed by atoms with Gasteiger partial charge in [-0.2, -0.15) is 5.26 Å². The van der Waals surface area contributed by atoms with Gasteiger partial charge in [-0.05, 0) is 24.6 Å². The summed E-state index contributed by atoms with van der Waals surface area (Å²) in [7, 11) is 0. The number of hydrogen-bond acceptors (Lipinski definition) is 6. The summed E-state index contributed by atoms with van der Waals surface area (Å²) in [4.78, 5) is 12.3. The molecule has 0 amide bonds. The Morgan fingerprint density at radius 2 is 1.86 bits per heavy atom. The predicted molar refractivity (Wildman–Crippen MR) is 109 cm³/mol. The minimum Gasteiger partial charge on any atom is -0.401 e. The van der Waals surface area contributed by atoms with Crippen LogP contribution in [0, 0.1) is 17.1 Å². The molecule has 0 radical (unpaired) electrons. The molecule has 3 rings (SSSR count). The van der Waals surface area contributed by atoms with Crippen molar-refractivity contribution in [3.05, 3.63) is 77.2 Å². The second-order valence-corrected chi connectivity index (χ2v) is 7.18. The smallest absolute Gasteiger partial charge is 0.192 e. The highest BCUT2D eigenvalue weighted by Gasteiger charge is 2.19. The van der Waals surface area contributed by atoms with Crippen LogP contribution in [0.4, 0.5) is 4.39 Å². The fourth-order valence-corrected chi connectivity index (χ4v) is 3.53. The minimum absolute atomic E-state index is 0.0262. The van der Waals surface area contributed by atoms with E-state index >= 15 is 0 Å². The zero-order valence-electron chi connectivity index (χ0n) is 15.7. The molecule has 2 N–H and O–H groups in total. The summed E-state index contributed by atoms with van der Waals surface area (Å²) in [5, 5.41) is 17.9. The highest BCUT2D eigenvalue weighted by molar-refractivity contribution is 7.99. The van der Waals surface area contributed by atoms with Crippen LogP contribution in [0.3, 0.4) is 0 Å². The fourth-order valence-electron chi connectivity index (χ4n) is 2.72. The van der Waals surface area contributed by atoms with Gasteiger partial charge >= 0.3 is 0 Å². The van der Waals surface area contributed by atoms with E-state index < -0.39 is 5.82 Å². The van der Waals surface area contributed by atoms with Crippen molar-refractivity contribution >= 4 is 17.5 Å². The number of nitriles is 1. The summed E-state index contributed by atoms with van der Waals surface area (Å²) in [6, 6.07) is 17.8. The van der Waals surface area contributed by atoms with Crippen molar-refractivity contribution in [3.63, 3.8) is 0 Å². The molecule has 0 aliphatic heterocycles. The van der Waals surface area contributed by atoms with Crippen LogP contribution in [0.25, 0.3) is 11.4 Å². The molecule has 1 aromatic heterocycles. The highest BCUT2D eigenvalue weighted by Crippen LogP contribution is 2.27. The fraction of sp³-hybridized carbons (Fsp3) is 0.143. The number of carbonyl (C=O) groups is 1. The van der Waals surface area contributed by atoms with Crippen molar-refractivity contribution < 1.29 is 9.18 Å². The topological polar surface area (TPSA) is 97.6 Å². The SMILES string of the molecule is C/C(N)=C(\C#N)C(=O)CSc1nnc(-c2ccccc2F)n1Cc1ccccc1. The molecule has 146 valence electrons. The summed E-state index contributed by atoms with van der Waals surface area (Å²) in [6.45, 7) is 1.92. The van der Waals surface area contributed by atoms with Gasteiger partial charge in [0.1, 0.15) is 17.5 Å². The first kappa shape index (κ1) is 20.3. The minimum atomic E-state index is -0.407. The van der Waals surface area contributed by atoms with Crippen LogP contribution in [0.2, 0.25) is 0 Å². The molecule has 0 atom stereocenters. The van der Waals surface area contributed by atoms with Crippen molar-refractivity contribution in [3.8, 4) is 17.5 Å². The van der Waals surface area contributed by atoms with Crippen LogP contribution in [-0.2, 0) is 11.3 Å². The number of aromatic nitrogens is 3. The first-order valence-corrected chi connectivity index (χ1v) is 9.74.